The van der Waals surface area contributed by atoms with Gasteiger partial charge in [-0.1, -0.05) is 11.8 Å². The first-order chi connectivity index (χ1) is 15.0. The van der Waals surface area contributed by atoms with E-state index < -0.39 is 20.0 Å². The van der Waals surface area contributed by atoms with Crippen molar-refractivity contribution in [1.82, 2.24) is 4.31 Å². The van der Waals surface area contributed by atoms with E-state index in [1.807, 2.05) is 0 Å². The molecule has 2 aromatic rings. The van der Waals surface area contributed by atoms with Crippen LogP contribution in [0.5, 0.6) is 0 Å². The lowest BCUT2D eigenvalue weighted by atomic mass is 10.3. The van der Waals surface area contributed by atoms with Crippen molar-refractivity contribution in [3.63, 3.8) is 0 Å². The highest BCUT2D eigenvalue weighted by Crippen LogP contribution is 2.28. The van der Waals surface area contributed by atoms with Gasteiger partial charge in [0.15, 0.2) is 5.17 Å². The summed E-state index contributed by atoms with van der Waals surface area (Å²) in [7, 11) is -8.23. The van der Waals surface area contributed by atoms with Gasteiger partial charge < -0.3 is 10.6 Å². The predicted molar refractivity (Wildman–Crippen MR) is 122 cm³/mol. The molecule has 0 saturated carbocycles. The summed E-state index contributed by atoms with van der Waals surface area (Å²) in [5.74, 6) is -0.241. The van der Waals surface area contributed by atoms with E-state index in [0.717, 1.165) is 16.1 Å². The summed E-state index contributed by atoms with van der Waals surface area (Å²) in [6.45, 7) is 2.73. The van der Waals surface area contributed by atoms with Crippen molar-refractivity contribution < 1.29 is 26.4 Å². The zero-order chi connectivity index (χ0) is 23.5. The first-order valence-corrected chi connectivity index (χ1v) is 13.1. The maximum absolute atomic E-state index is 13.1. The fourth-order valence-electron chi connectivity index (χ4n) is 2.79. The van der Waals surface area contributed by atoms with Gasteiger partial charge >= 0.3 is 0 Å². The Balaban J connectivity index is 1.87. The number of nitrogens with one attached hydrogen (secondary N) is 2. The molecule has 13 heteroatoms. The molecule has 1 aliphatic heterocycles. The molecule has 0 aliphatic carbocycles. The molecule has 2 N–H and O–H groups in total. The Labute approximate surface area is 190 Å². The molecule has 0 radical (unpaired) electrons. The number of nitrogens with zero attached hydrogens (tertiary/aromatic N) is 2. The minimum atomic E-state index is -4.18. The molecule has 0 aromatic heterocycles. The van der Waals surface area contributed by atoms with Crippen molar-refractivity contribution in [2.75, 3.05) is 22.9 Å². The molecule has 170 valence electrons. The van der Waals surface area contributed by atoms with Crippen LogP contribution in [-0.4, -0.2) is 50.4 Å². The summed E-state index contributed by atoms with van der Waals surface area (Å²) >= 11 is 1.02. The lowest BCUT2D eigenvalue weighted by Gasteiger charge is -2.18. The predicted octanol–water partition coefficient (Wildman–Crippen LogP) is 2.09. The highest BCUT2D eigenvalue weighted by atomic mass is 32.2. The zero-order valence-electron chi connectivity index (χ0n) is 17.1. The number of carbonyl (C=O) groups excluding carboxylic acids is 2. The Morgan fingerprint density at radius 1 is 0.844 bits per heavy atom. The third-order valence-corrected chi connectivity index (χ3v) is 8.44. The molecule has 0 unspecified atom stereocenters. The maximum atomic E-state index is 13.1. The third kappa shape index (κ3) is 5.47. The van der Waals surface area contributed by atoms with Crippen LogP contribution in [-0.2, 0) is 29.6 Å². The first kappa shape index (κ1) is 23.8. The van der Waals surface area contributed by atoms with E-state index in [1.165, 1.54) is 62.4 Å². The molecule has 3 rings (SSSR count). The minimum Gasteiger partial charge on any atom is -0.326 e. The highest BCUT2D eigenvalue weighted by Gasteiger charge is 2.34. The van der Waals surface area contributed by atoms with Gasteiger partial charge in [-0.3, -0.25) is 9.59 Å². The number of hydrogen-bond donors (Lipinski definition) is 2. The van der Waals surface area contributed by atoms with E-state index in [4.69, 9.17) is 0 Å². The van der Waals surface area contributed by atoms with E-state index in [0.29, 0.717) is 17.1 Å². The number of rotatable bonds is 6. The second-order valence-corrected chi connectivity index (χ2v) is 11.2. The summed E-state index contributed by atoms with van der Waals surface area (Å²) in [5, 5.41) is 4.93. The number of thioether (sulfide) groups is 1. The average molecular weight is 497 g/mol. The third-order valence-electron chi connectivity index (χ3n) is 4.17. The van der Waals surface area contributed by atoms with Crippen LogP contribution in [0.4, 0.5) is 11.4 Å². The maximum Gasteiger partial charge on any atom is 0.284 e. The fourth-order valence-corrected chi connectivity index (χ4v) is 6.81. The van der Waals surface area contributed by atoms with Crippen molar-refractivity contribution in [1.29, 1.82) is 0 Å². The van der Waals surface area contributed by atoms with Gasteiger partial charge in [0.2, 0.25) is 11.8 Å². The standard InChI is InChI=1S/C19H20N4O6S3/c1-13(24)20-15-3-7-17(8-4-15)31(26,27)22-19-23(11-12-30-19)32(28,29)18-9-5-16(6-10-18)21-14(2)25/h3-10H,11-12H2,1-2H3,(H,20,24)(H,21,25). The molecular formula is C19H20N4O6S3. The van der Waals surface area contributed by atoms with Crippen LogP contribution in [0.15, 0.2) is 62.7 Å². The van der Waals surface area contributed by atoms with Crippen LogP contribution in [0.3, 0.4) is 0 Å². The molecule has 10 nitrogen and oxygen atoms in total. The Morgan fingerprint density at radius 3 is 1.78 bits per heavy atom. The molecule has 2 aromatic carbocycles. The SMILES string of the molecule is CC(=O)Nc1ccc(S(=O)(=O)N=C2SCCN2S(=O)(=O)c2ccc(NC(C)=O)cc2)cc1. The van der Waals surface area contributed by atoms with E-state index in [9.17, 15) is 26.4 Å². The Hall–Kier alpha value is -2.90. The van der Waals surface area contributed by atoms with Crippen molar-refractivity contribution in [2.24, 2.45) is 4.40 Å². The number of sulfonamides is 2. The van der Waals surface area contributed by atoms with Crippen LogP contribution in [0, 0.1) is 0 Å². The van der Waals surface area contributed by atoms with Crippen molar-refractivity contribution in [3.8, 4) is 0 Å². The van der Waals surface area contributed by atoms with E-state index in [1.54, 1.807) is 0 Å². The lowest BCUT2D eigenvalue weighted by Crippen LogP contribution is -2.32. The number of amidine groups is 1. The molecule has 0 bridgehead atoms. The Morgan fingerprint density at radius 2 is 1.31 bits per heavy atom. The summed E-state index contributed by atoms with van der Waals surface area (Å²) in [6.07, 6.45) is 0. The summed E-state index contributed by atoms with van der Waals surface area (Å²) in [5.41, 5.74) is 0.859. The fraction of sp³-hybridized carbons (Fsp3) is 0.211. The minimum absolute atomic E-state index is 0.0566. The summed E-state index contributed by atoms with van der Waals surface area (Å²) in [4.78, 5) is 22.0. The van der Waals surface area contributed by atoms with Gasteiger partial charge in [-0.2, -0.15) is 8.42 Å². The number of amides is 2. The molecule has 0 atom stereocenters. The monoisotopic (exact) mass is 496 g/mol. The van der Waals surface area contributed by atoms with Gasteiger partial charge in [-0.25, -0.2) is 12.7 Å². The van der Waals surface area contributed by atoms with Crippen LogP contribution < -0.4 is 10.6 Å². The van der Waals surface area contributed by atoms with Gasteiger partial charge in [-0.05, 0) is 48.5 Å². The Kier molecular flexibility index (Phi) is 6.91. The van der Waals surface area contributed by atoms with Crippen LogP contribution >= 0.6 is 11.8 Å². The molecule has 1 heterocycles. The largest absolute Gasteiger partial charge is 0.326 e. The van der Waals surface area contributed by atoms with Gasteiger partial charge in [-0.15, -0.1) is 4.40 Å². The molecule has 0 spiro atoms. The lowest BCUT2D eigenvalue weighted by molar-refractivity contribution is -0.115. The Bertz CT molecular complexity index is 1270. The van der Waals surface area contributed by atoms with Gasteiger partial charge in [0.25, 0.3) is 20.0 Å². The number of hydrogen-bond acceptors (Lipinski definition) is 7. The quantitative estimate of drug-likeness (QED) is 0.623. The second-order valence-electron chi connectivity index (χ2n) is 6.69. The van der Waals surface area contributed by atoms with Crippen molar-refractivity contribution in [3.05, 3.63) is 48.5 Å². The first-order valence-electron chi connectivity index (χ1n) is 9.25. The van der Waals surface area contributed by atoms with Crippen LogP contribution in [0.1, 0.15) is 13.8 Å². The molecular weight excluding hydrogens is 476 g/mol. The molecule has 1 aliphatic rings. The summed E-state index contributed by atoms with van der Waals surface area (Å²) < 4.78 is 56.3. The van der Waals surface area contributed by atoms with E-state index in [2.05, 4.69) is 15.0 Å². The molecule has 1 fully saturated rings. The smallest absolute Gasteiger partial charge is 0.284 e. The van der Waals surface area contributed by atoms with Gasteiger partial charge in [0, 0.05) is 37.5 Å². The number of anilines is 2. The molecule has 32 heavy (non-hydrogen) atoms. The van der Waals surface area contributed by atoms with Crippen molar-refractivity contribution >= 4 is 60.2 Å². The van der Waals surface area contributed by atoms with E-state index >= 15 is 0 Å². The second kappa shape index (κ2) is 9.30. The van der Waals surface area contributed by atoms with Gasteiger partial charge in [0.05, 0.1) is 9.79 Å². The van der Waals surface area contributed by atoms with Crippen LogP contribution in [0.25, 0.3) is 0 Å². The topological polar surface area (TPSA) is 142 Å². The highest BCUT2D eigenvalue weighted by molar-refractivity contribution is 8.16. The zero-order valence-corrected chi connectivity index (χ0v) is 19.6. The molecule has 1 saturated heterocycles. The average Bonchev–Trinajstić information content (AvgIpc) is 3.16. The summed E-state index contributed by atoms with van der Waals surface area (Å²) in [6, 6.07) is 11.0. The van der Waals surface area contributed by atoms with Gasteiger partial charge in [0.1, 0.15) is 0 Å². The van der Waals surface area contributed by atoms with Crippen molar-refractivity contribution in [2.45, 2.75) is 23.6 Å². The van der Waals surface area contributed by atoms with Crippen LogP contribution in [0.2, 0.25) is 0 Å². The number of benzene rings is 2. The normalized spacial score (nSPS) is 15.6. The molecule has 2 amide bonds. The number of carbonyl (C=O) groups is 2. The van der Waals surface area contributed by atoms with E-state index in [-0.39, 0.29) is 33.3 Å².